The van der Waals surface area contributed by atoms with Gasteiger partial charge in [0.1, 0.15) is 0 Å². The number of nitrogen functional groups attached to an aromatic ring is 2. The normalized spacial score (nSPS) is 24.2. The van der Waals surface area contributed by atoms with Gasteiger partial charge in [-0.05, 0) is 91.7 Å². The molecular formula is C29H42N2. The summed E-state index contributed by atoms with van der Waals surface area (Å²) < 4.78 is 0. The molecule has 0 bridgehead atoms. The minimum absolute atomic E-state index is 0.106. The first-order valence-corrected chi connectivity index (χ1v) is 12.8. The summed E-state index contributed by atoms with van der Waals surface area (Å²) in [5.41, 5.74) is 16.7. The fraction of sp³-hybridized carbons (Fsp3) is 0.586. The first kappa shape index (κ1) is 22.2. The van der Waals surface area contributed by atoms with Crippen LogP contribution in [0.2, 0.25) is 0 Å². The number of anilines is 2. The van der Waals surface area contributed by atoms with Crippen LogP contribution in [0.3, 0.4) is 0 Å². The molecule has 168 valence electrons. The van der Waals surface area contributed by atoms with E-state index in [1.165, 1.54) is 88.2 Å². The van der Waals surface area contributed by atoms with Gasteiger partial charge >= 0.3 is 0 Å². The number of benzene rings is 2. The maximum absolute atomic E-state index is 6.01. The van der Waals surface area contributed by atoms with E-state index in [-0.39, 0.29) is 5.41 Å². The van der Waals surface area contributed by atoms with Crippen LogP contribution in [-0.2, 0) is 5.41 Å². The van der Waals surface area contributed by atoms with Crippen molar-refractivity contribution in [2.75, 3.05) is 11.5 Å². The zero-order valence-electron chi connectivity index (χ0n) is 19.5. The molecule has 2 aromatic rings. The molecule has 4 N–H and O–H groups in total. The van der Waals surface area contributed by atoms with E-state index in [1.54, 1.807) is 0 Å². The minimum Gasteiger partial charge on any atom is -0.399 e. The lowest BCUT2D eigenvalue weighted by Crippen LogP contribution is -2.36. The van der Waals surface area contributed by atoms with Crippen molar-refractivity contribution in [2.24, 2.45) is 17.8 Å². The average Bonchev–Trinajstić information content (AvgIpc) is 2.81. The summed E-state index contributed by atoms with van der Waals surface area (Å²) in [6.07, 6.45) is 16.8. The number of rotatable bonds is 7. The largest absolute Gasteiger partial charge is 0.399 e. The van der Waals surface area contributed by atoms with Crippen LogP contribution < -0.4 is 11.5 Å². The number of unbranched alkanes of at least 4 members (excludes halogenated alkanes) is 2. The standard InChI is InChI=1S/C29H42N2/c1-2-3-4-5-22-6-8-23(9-7-22)24-18-20-29(21-19-24,25-10-14-27(30)15-11-25)26-12-16-28(31)17-13-26/h10-17,22-24H,2-9,18-21,30-31H2,1H3. The van der Waals surface area contributed by atoms with Gasteiger partial charge in [-0.1, -0.05) is 69.7 Å². The van der Waals surface area contributed by atoms with Crippen molar-refractivity contribution < 1.29 is 0 Å². The molecule has 2 fully saturated rings. The van der Waals surface area contributed by atoms with Gasteiger partial charge < -0.3 is 11.5 Å². The van der Waals surface area contributed by atoms with Gasteiger partial charge in [0.25, 0.3) is 0 Å². The molecule has 2 aliphatic carbocycles. The van der Waals surface area contributed by atoms with Crippen molar-refractivity contribution in [1.82, 2.24) is 0 Å². The highest BCUT2D eigenvalue weighted by atomic mass is 14.6. The van der Waals surface area contributed by atoms with Crippen molar-refractivity contribution in [1.29, 1.82) is 0 Å². The first-order valence-electron chi connectivity index (χ1n) is 12.8. The Labute approximate surface area is 189 Å². The molecule has 2 aliphatic rings. The molecule has 0 heterocycles. The van der Waals surface area contributed by atoms with E-state index >= 15 is 0 Å². The van der Waals surface area contributed by atoms with Gasteiger partial charge in [-0.2, -0.15) is 0 Å². The Morgan fingerprint density at radius 1 is 0.677 bits per heavy atom. The number of hydrogen-bond donors (Lipinski definition) is 2. The van der Waals surface area contributed by atoms with Crippen LogP contribution in [-0.4, -0.2) is 0 Å². The van der Waals surface area contributed by atoms with E-state index in [4.69, 9.17) is 11.5 Å². The highest BCUT2D eigenvalue weighted by Gasteiger charge is 2.40. The van der Waals surface area contributed by atoms with E-state index < -0.39 is 0 Å². The summed E-state index contributed by atoms with van der Waals surface area (Å²) in [5, 5.41) is 0. The Morgan fingerprint density at radius 3 is 1.65 bits per heavy atom. The molecule has 2 heteroatoms. The summed E-state index contributed by atoms with van der Waals surface area (Å²) in [5.74, 6) is 2.88. The SMILES string of the molecule is CCCCCC1CCC(C2CCC(c3ccc(N)cc3)(c3ccc(N)cc3)CC2)CC1. The molecule has 0 saturated heterocycles. The third-order valence-electron chi connectivity index (χ3n) is 8.58. The van der Waals surface area contributed by atoms with Crippen LogP contribution >= 0.6 is 0 Å². The van der Waals surface area contributed by atoms with E-state index in [2.05, 4.69) is 55.5 Å². The van der Waals surface area contributed by atoms with Crippen molar-refractivity contribution >= 4 is 11.4 Å². The van der Waals surface area contributed by atoms with Crippen LogP contribution in [0.1, 0.15) is 95.1 Å². The predicted molar refractivity (Wildman–Crippen MR) is 134 cm³/mol. The van der Waals surface area contributed by atoms with E-state index in [0.717, 1.165) is 29.1 Å². The summed E-state index contributed by atoms with van der Waals surface area (Å²) in [4.78, 5) is 0. The van der Waals surface area contributed by atoms with Gasteiger partial charge in [0.2, 0.25) is 0 Å². The summed E-state index contributed by atoms with van der Waals surface area (Å²) in [6.45, 7) is 2.31. The second-order valence-electron chi connectivity index (χ2n) is 10.4. The monoisotopic (exact) mass is 418 g/mol. The molecular weight excluding hydrogens is 376 g/mol. The summed E-state index contributed by atoms with van der Waals surface area (Å²) in [7, 11) is 0. The molecule has 0 atom stereocenters. The first-order chi connectivity index (χ1) is 15.1. The number of nitrogens with two attached hydrogens (primary N) is 2. The lowest BCUT2D eigenvalue weighted by atomic mass is 9.60. The Bertz CT molecular complexity index is 744. The zero-order valence-corrected chi connectivity index (χ0v) is 19.5. The molecule has 2 aromatic carbocycles. The maximum Gasteiger partial charge on any atom is 0.0314 e. The molecule has 0 aliphatic heterocycles. The van der Waals surface area contributed by atoms with Crippen molar-refractivity contribution in [2.45, 2.75) is 89.4 Å². The molecule has 31 heavy (non-hydrogen) atoms. The average molecular weight is 419 g/mol. The summed E-state index contributed by atoms with van der Waals surface area (Å²) >= 11 is 0. The van der Waals surface area contributed by atoms with Gasteiger partial charge in [-0.25, -0.2) is 0 Å². The fourth-order valence-electron chi connectivity index (χ4n) is 6.58. The highest BCUT2D eigenvalue weighted by molar-refractivity contribution is 5.49. The molecule has 0 amide bonds. The van der Waals surface area contributed by atoms with Crippen LogP contribution in [0.15, 0.2) is 48.5 Å². The van der Waals surface area contributed by atoms with Crippen LogP contribution in [0.25, 0.3) is 0 Å². The molecule has 0 aromatic heterocycles. The predicted octanol–water partition coefficient (Wildman–Crippen LogP) is 7.71. The molecule has 0 unspecified atom stereocenters. The van der Waals surface area contributed by atoms with Gasteiger partial charge in [0.15, 0.2) is 0 Å². The maximum atomic E-state index is 6.01. The Kier molecular flexibility index (Phi) is 7.25. The molecule has 0 radical (unpaired) electrons. The number of hydrogen-bond acceptors (Lipinski definition) is 2. The van der Waals surface area contributed by atoms with Crippen LogP contribution in [0.4, 0.5) is 11.4 Å². The van der Waals surface area contributed by atoms with E-state index in [1.807, 2.05) is 0 Å². The van der Waals surface area contributed by atoms with Crippen molar-refractivity contribution in [3.8, 4) is 0 Å². The lowest BCUT2D eigenvalue weighted by molar-refractivity contribution is 0.140. The second-order valence-corrected chi connectivity index (χ2v) is 10.4. The Morgan fingerprint density at radius 2 is 1.16 bits per heavy atom. The Balaban J connectivity index is 1.43. The smallest absolute Gasteiger partial charge is 0.0314 e. The topological polar surface area (TPSA) is 52.0 Å². The van der Waals surface area contributed by atoms with Crippen molar-refractivity contribution in [3.63, 3.8) is 0 Å². The van der Waals surface area contributed by atoms with Crippen LogP contribution in [0.5, 0.6) is 0 Å². The van der Waals surface area contributed by atoms with Gasteiger partial charge in [-0.3, -0.25) is 0 Å². The van der Waals surface area contributed by atoms with Gasteiger partial charge in [0.05, 0.1) is 0 Å². The molecule has 4 rings (SSSR count). The van der Waals surface area contributed by atoms with Crippen molar-refractivity contribution in [3.05, 3.63) is 59.7 Å². The second kappa shape index (κ2) is 10.1. The van der Waals surface area contributed by atoms with Crippen LogP contribution in [0, 0.1) is 17.8 Å². The lowest BCUT2D eigenvalue weighted by Gasteiger charge is -2.44. The zero-order chi connectivity index (χ0) is 21.7. The van der Waals surface area contributed by atoms with E-state index in [0.29, 0.717) is 0 Å². The quantitative estimate of drug-likeness (QED) is 0.357. The summed E-state index contributed by atoms with van der Waals surface area (Å²) in [6, 6.07) is 17.3. The highest BCUT2D eigenvalue weighted by Crippen LogP contribution is 2.50. The molecule has 2 saturated carbocycles. The fourth-order valence-corrected chi connectivity index (χ4v) is 6.58. The van der Waals surface area contributed by atoms with E-state index in [9.17, 15) is 0 Å². The Hall–Kier alpha value is -1.96. The molecule has 2 nitrogen and oxygen atoms in total. The third kappa shape index (κ3) is 5.10. The molecule has 0 spiro atoms. The van der Waals surface area contributed by atoms with Gasteiger partial charge in [-0.15, -0.1) is 0 Å². The third-order valence-corrected chi connectivity index (χ3v) is 8.58. The minimum atomic E-state index is 0.106. The van der Waals surface area contributed by atoms with Gasteiger partial charge in [0, 0.05) is 16.8 Å².